The van der Waals surface area contributed by atoms with Gasteiger partial charge in [-0.25, -0.2) is 4.79 Å². The van der Waals surface area contributed by atoms with Gasteiger partial charge in [-0.2, -0.15) is 0 Å². The fraction of sp³-hybridized carbons (Fsp3) is 0.846. The van der Waals surface area contributed by atoms with Gasteiger partial charge in [0.25, 0.3) is 0 Å². The highest BCUT2D eigenvalue weighted by Gasteiger charge is 2.35. The number of carbonyl (C=O) groups is 2. The van der Waals surface area contributed by atoms with Gasteiger partial charge in [-0.1, -0.05) is 6.92 Å². The van der Waals surface area contributed by atoms with Crippen molar-refractivity contribution in [3.05, 3.63) is 0 Å². The molecule has 0 unspecified atom stereocenters. The standard InChI is InChI=1S/C13H24N2O3/c1-5-10(11(14)16)9-6-7-15(8-9)12(17)18-13(2,3)4/h9-10H,5-8H2,1-4H3,(H2,14,16)/t9-,10+/m1/s1. The molecule has 2 N–H and O–H groups in total. The second-order valence-corrected chi connectivity index (χ2v) is 5.89. The third kappa shape index (κ3) is 3.89. The number of hydrogen-bond acceptors (Lipinski definition) is 3. The van der Waals surface area contributed by atoms with Gasteiger partial charge >= 0.3 is 6.09 Å². The molecule has 18 heavy (non-hydrogen) atoms. The summed E-state index contributed by atoms with van der Waals surface area (Å²) in [6.07, 6.45) is 1.24. The molecule has 1 aliphatic heterocycles. The first-order valence-electron chi connectivity index (χ1n) is 6.52. The van der Waals surface area contributed by atoms with Crippen LogP contribution in [0.3, 0.4) is 0 Å². The van der Waals surface area contributed by atoms with Crippen LogP contribution in [-0.4, -0.2) is 35.6 Å². The Morgan fingerprint density at radius 2 is 2.06 bits per heavy atom. The number of hydrogen-bond donors (Lipinski definition) is 1. The summed E-state index contributed by atoms with van der Waals surface area (Å²) in [5.74, 6) is -0.244. The first-order chi connectivity index (χ1) is 8.24. The van der Waals surface area contributed by atoms with E-state index in [0.29, 0.717) is 13.1 Å². The zero-order valence-electron chi connectivity index (χ0n) is 11.7. The molecular weight excluding hydrogens is 232 g/mol. The van der Waals surface area contributed by atoms with Crippen LogP contribution >= 0.6 is 0 Å². The van der Waals surface area contributed by atoms with Crippen LogP contribution in [0.15, 0.2) is 0 Å². The van der Waals surface area contributed by atoms with Gasteiger partial charge in [0.2, 0.25) is 5.91 Å². The quantitative estimate of drug-likeness (QED) is 0.836. The lowest BCUT2D eigenvalue weighted by Gasteiger charge is -2.25. The Balaban J connectivity index is 2.55. The normalized spacial score (nSPS) is 21.8. The van der Waals surface area contributed by atoms with E-state index < -0.39 is 5.60 Å². The molecule has 104 valence electrons. The third-order valence-corrected chi connectivity index (χ3v) is 3.25. The van der Waals surface area contributed by atoms with Crippen LogP contribution in [-0.2, 0) is 9.53 Å². The SMILES string of the molecule is CC[C@H](C(N)=O)[C@@H]1CCN(C(=O)OC(C)(C)C)C1. The van der Waals surface area contributed by atoms with Gasteiger partial charge in [0.1, 0.15) is 5.60 Å². The number of nitrogens with zero attached hydrogens (tertiary/aromatic N) is 1. The van der Waals surface area contributed by atoms with Crippen LogP contribution in [0.4, 0.5) is 4.79 Å². The number of carbonyl (C=O) groups excluding carboxylic acids is 2. The second kappa shape index (κ2) is 5.59. The molecule has 2 amide bonds. The summed E-state index contributed by atoms with van der Waals surface area (Å²) in [6.45, 7) is 8.69. The Hall–Kier alpha value is -1.26. The van der Waals surface area contributed by atoms with E-state index in [1.165, 1.54) is 0 Å². The van der Waals surface area contributed by atoms with Crippen molar-refractivity contribution in [2.45, 2.75) is 46.1 Å². The molecular formula is C13H24N2O3. The molecule has 0 saturated carbocycles. The Labute approximate surface area is 109 Å². The Morgan fingerprint density at radius 1 is 1.44 bits per heavy atom. The first kappa shape index (κ1) is 14.8. The second-order valence-electron chi connectivity index (χ2n) is 5.89. The topological polar surface area (TPSA) is 72.6 Å². The maximum atomic E-state index is 11.9. The van der Waals surface area contributed by atoms with Crippen LogP contribution in [0.25, 0.3) is 0 Å². The molecule has 2 atom stereocenters. The van der Waals surface area contributed by atoms with Gasteiger partial charge in [-0.15, -0.1) is 0 Å². The van der Waals surface area contributed by atoms with Crippen LogP contribution in [0.5, 0.6) is 0 Å². The van der Waals surface area contributed by atoms with Gasteiger partial charge in [-0.3, -0.25) is 4.79 Å². The highest BCUT2D eigenvalue weighted by atomic mass is 16.6. The average molecular weight is 256 g/mol. The minimum atomic E-state index is -0.483. The molecule has 0 aromatic rings. The van der Waals surface area contributed by atoms with E-state index in [0.717, 1.165) is 12.8 Å². The van der Waals surface area contributed by atoms with Crippen molar-refractivity contribution in [2.75, 3.05) is 13.1 Å². The third-order valence-electron chi connectivity index (χ3n) is 3.25. The van der Waals surface area contributed by atoms with E-state index in [1.54, 1.807) is 4.90 Å². The maximum absolute atomic E-state index is 11.9. The molecule has 0 bridgehead atoms. The van der Waals surface area contributed by atoms with Crippen LogP contribution < -0.4 is 5.73 Å². The monoisotopic (exact) mass is 256 g/mol. The van der Waals surface area contributed by atoms with Crippen molar-refractivity contribution in [3.8, 4) is 0 Å². The van der Waals surface area contributed by atoms with Crippen molar-refractivity contribution >= 4 is 12.0 Å². The number of amides is 2. The summed E-state index contributed by atoms with van der Waals surface area (Å²) in [6, 6.07) is 0. The summed E-state index contributed by atoms with van der Waals surface area (Å²) in [7, 11) is 0. The Morgan fingerprint density at radius 3 is 2.50 bits per heavy atom. The largest absolute Gasteiger partial charge is 0.444 e. The predicted octanol–water partition coefficient (Wildman–Crippen LogP) is 1.75. The molecule has 0 aromatic carbocycles. The number of nitrogens with two attached hydrogens (primary N) is 1. The Bertz CT molecular complexity index is 323. The van der Waals surface area contributed by atoms with Crippen molar-refractivity contribution in [1.29, 1.82) is 0 Å². The van der Waals surface area contributed by atoms with Crippen molar-refractivity contribution in [2.24, 2.45) is 17.6 Å². The predicted molar refractivity (Wildman–Crippen MR) is 68.9 cm³/mol. The summed E-state index contributed by atoms with van der Waals surface area (Å²) in [5.41, 5.74) is 4.89. The van der Waals surface area contributed by atoms with Crippen molar-refractivity contribution < 1.29 is 14.3 Å². The first-order valence-corrected chi connectivity index (χ1v) is 6.52. The number of primary amides is 1. The molecule has 5 heteroatoms. The summed E-state index contributed by atoms with van der Waals surface area (Å²) >= 11 is 0. The molecule has 1 saturated heterocycles. The molecule has 1 fully saturated rings. The van der Waals surface area contributed by atoms with Crippen molar-refractivity contribution in [1.82, 2.24) is 4.90 Å². The molecule has 5 nitrogen and oxygen atoms in total. The van der Waals surface area contributed by atoms with E-state index in [2.05, 4.69) is 0 Å². The zero-order valence-corrected chi connectivity index (χ0v) is 11.7. The lowest BCUT2D eigenvalue weighted by Crippen LogP contribution is -2.37. The molecule has 0 aromatic heterocycles. The molecule has 0 spiro atoms. The maximum Gasteiger partial charge on any atom is 0.410 e. The highest BCUT2D eigenvalue weighted by molar-refractivity contribution is 5.77. The zero-order chi connectivity index (χ0) is 13.9. The Kier molecular flexibility index (Phi) is 4.59. The van der Waals surface area contributed by atoms with Crippen LogP contribution in [0, 0.1) is 11.8 Å². The van der Waals surface area contributed by atoms with E-state index >= 15 is 0 Å². The smallest absolute Gasteiger partial charge is 0.410 e. The lowest BCUT2D eigenvalue weighted by atomic mass is 9.89. The van der Waals surface area contributed by atoms with E-state index in [4.69, 9.17) is 10.5 Å². The molecule has 1 heterocycles. The highest BCUT2D eigenvalue weighted by Crippen LogP contribution is 2.27. The fourth-order valence-electron chi connectivity index (χ4n) is 2.37. The molecule has 1 aliphatic rings. The number of likely N-dealkylation sites (tertiary alicyclic amines) is 1. The van der Waals surface area contributed by atoms with E-state index in [-0.39, 0.29) is 23.8 Å². The minimum absolute atomic E-state index is 0.141. The van der Waals surface area contributed by atoms with E-state index in [9.17, 15) is 9.59 Å². The number of ether oxygens (including phenoxy) is 1. The van der Waals surface area contributed by atoms with Gasteiger partial charge in [0.15, 0.2) is 0 Å². The molecule has 0 aliphatic carbocycles. The number of rotatable bonds is 3. The van der Waals surface area contributed by atoms with Gasteiger partial charge in [0, 0.05) is 19.0 Å². The van der Waals surface area contributed by atoms with Gasteiger partial charge in [-0.05, 0) is 39.5 Å². The minimum Gasteiger partial charge on any atom is -0.444 e. The molecule has 0 radical (unpaired) electrons. The lowest BCUT2D eigenvalue weighted by molar-refractivity contribution is -0.123. The fourth-order valence-corrected chi connectivity index (χ4v) is 2.37. The van der Waals surface area contributed by atoms with Gasteiger partial charge < -0.3 is 15.4 Å². The van der Waals surface area contributed by atoms with Crippen LogP contribution in [0.2, 0.25) is 0 Å². The van der Waals surface area contributed by atoms with Gasteiger partial charge in [0.05, 0.1) is 0 Å². The van der Waals surface area contributed by atoms with E-state index in [1.807, 2.05) is 27.7 Å². The summed E-state index contributed by atoms with van der Waals surface area (Å²) < 4.78 is 5.31. The summed E-state index contributed by atoms with van der Waals surface area (Å²) in [4.78, 5) is 24.9. The molecule has 1 rings (SSSR count). The van der Waals surface area contributed by atoms with Crippen molar-refractivity contribution in [3.63, 3.8) is 0 Å². The van der Waals surface area contributed by atoms with Crippen LogP contribution in [0.1, 0.15) is 40.5 Å². The average Bonchev–Trinajstić information content (AvgIpc) is 2.64. The summed E-state index contributed by atoms with van der Waals surface area (Å²) in [5, 5.41) is 0.